The molecular weight excluding hydrogens is 402 g/mol. The number of carbonyl (C=O) groups excluding carboxylic acids is 3. The van der Waals surface area contributed by atoms with Crippen molar-refractivity contribution in [3.05, 3.63) is 60.2 Å². The molecule has 3 amide bonds. The Morgan fingerprint density at radius 2 is 1.65 bits per heavy atom. The van der Waals surface area contributed by atoms with Gasteiger partial charge < -0.3 is 24.8 Å². The zero-order valence-electron chi connectivity index (χ0n) is 16.9. The number of nitrogens with one attached hydrogen (secondary N) is 3. The van der Waals surface area contributed by atoms with Crippen molar-refractivity contribution < 1.29 is 28.6 Å². The Morgan fingerprint density at radius 3 is 2.42 bits per heavy atom. The van der Waals surface area contributed by atoms with Gasteiger partial charge in [-0.15, -0.1) is 0 Å². The largest absolute Gasteiger partial charge is 0.441 e. The first-order valence-corrected chi connectivity index (χ1v) is 9.94. The molecule has 2 aliphatic rings. The number of anilines is 2. The highest BCUT2D eigenvalue weighted by Gasteiger charge is 2.50. The molecule has 0 saturated carbocycles. The molecule has 2 heterocycles. The Hall–Kier alpha value is -3.43. The topological polar surface area (TPSA) is 115 Å². The number of rotatable bonds is 5. The van der Waals surface area contributed by atoms with E-state index in [0.717, 1.165) is 0 Å². The molecule has 0 aromatic heterocycles. The number of carbonyl (C=O) groups is 3. The zero-order chi connectivity index (χ0) is 21.8. The summed E-state index contributed by atoms with van der Waals surface area (Å²) in [6.07, 6.45) is -2.06. The Balaban J connectivity index is 1.29. The van der Waals surface area contributed by atoms with Crippen LogP contribution in [0.15, 0.2) is 54.6 Å². The van der Waals surface area contributed by atoms with Gasteiger partial charge in [0.15, 0.2) is 11.9 Å². The van der Waals surface area contributed by atoms with Crippen LogP contribution in [-0.4, -0.2) is 55.5 Å². The number of hydrogen-bond acceptors (Lipinski definition) is 6. The number of hydrogen-bond donors (Lipinski definition) is 3. The lowest BCUT2D eigenvalue weighted by Gasteiger charge is -2.18. The van der Waals surface area contributed by atoms with Gasteiger partial charge in [0, 0.05) is 16.9 Å². The van der Waals surface area contributed by atoms with Crippen molar-refractivity contribution in [1.82, 2.24) is 5.32 Å². The van der Waals surface area contributed by atoms with Crippen LogP contribution in [0.25, 0.3) is 0 Å². The summed E-state index contributed by atoms with van der Waals surface area (Å²) in [5, 5.41) is 8.18. The van der Waals surface area contributed by atoms with Gasteiger partial charge in [-0.25, -0.2) is 9.59 Å². The molecule has 2 aromatic carbocycles. The minimum atomic E-state index is -0.594. The molecule has 0 spiro atoms. The van der Waals surface area contributed by atoms with Crippen LogP contribution in [0.1, 0.15) is 17.3 Å². The van der Waals surface area contributed by atoms with Gasteiger partial charge in [-0.05, 0) is 31.2 Å². The molecule has 162 valence electrons. The quantitative estimate of drug-likeness (QED) is 0.635. The smallest absolute Gasteiger partial charge is 0.412 e. The molecule has 9 heteroatoms. The van der Waals surface area contributed by atoms with Crippen molar-refractivity contribution >= 4 is 29.3 Å². The first-order valence-electron chi connectivity index (χ1n) is 9.94. The van der Waals surface area contributed by atoms with Gasteiger partial charge in [0.05, 0.1) is 19.3 Å². The van der Waals surface area contributed by atoms with Crippen molar-refractivity contribution in [2.24, 2.45) is 0 Å². The Labute approximate surface area is 179 Å². The van der Waals surface area contributed by atoms with Crippen LogP contribution in [0.3, 0.4) is 0 Å². The summed E-state index contributed by atoms with van der Waals surface area (Å²) in [4.78, 5) is 36.0. The van der Waals surface area contributed by atoms with E-state index >= 15 is 0 Å². The zero-order valence-corrected chi connectivity index (χ0v) is 16.9. The lowest BCUT2D eigenvalue weighted by molar-refractivity contribution is 0.00873. The summed E-state index contributed by atoms with van der Waals surface area (Å²) >= 11 is 0. The third-order valence-corrected chi connectivity index (χ3v) is 5.13. The van der Waals surface area contributed by atoms with Gasteiger partial charge in [0.1, 0.15) is 12.2 Å². The first kappa shape index (κ1) is 20.8. The maximum atomic E-state index is 12.4. The van der Waals surface area contributed by atoms with E-state index in [1.54, 1.807) is 36.4 Å². The fourth-order valence-corrected chi connectivity index (χ4v) is 3.65. The molecule has 9 nitrogen and oxygen atoms in total. The number of amides is 3. The molecule has 3 N–H and O–H groups in total. The van der Waals surface area contributed by atoms with Crippen molar-refractivity contribution in [2.75, 3.05) is 23.8 Å². The maximum Gasteiger partial charge on any atom is 0.412 e. The molecule has 4 atom stereocenters. The second-order valence-corrected chi connectivity index (χ2v) is 7.37. The summed E-state index contributed by atoms with van der Waals surface area (Å²) in [7, 11) is 0. The third-order valence-electron chi connectivity index (χ3n) is 5.13. The van der Waals surface area contributed by atoms with Crippen LogP contribution in [0.4, 0.5) is 21.0 Å². The molecule has 2 aromatic rings. The fraction of sp³-hybridized carbons (Fsp3) is 0.318. The number of fused-ring (bicyclic) bond motifs is 1. The minimum Gasteiger partial charge on any atom is -0.441 e. The third kappa shape index (κ3) is 5.01. The van der Waals surface area contributed by atoms with Crippen LogP contribution in [0.2, 0.25) is 0 Å². The average Bonchev–Trinajstić information content (AvgIpc) is 3.32. The second-order valence-electron chi connectivity index (χ2n) is 7.37. The number of urea groups is 1. The van der Waals surface area contributed by atoms with Gasteiger partial charge in [-0.2, -0.15) is 0 Å². The molecular formula is C22H23N3O6. The Bertz CT molecular complexity index is 967. The summed E-state index contributed by atoms with van der Waals surface area (Å²) in [6, 6.07) is 14.8. The summed E-state index contributed by atoms with van der Waals surface area (Å²) < 4.78 is 16.9. The van der Waals surface area contributed by atoms with Gasteiger partial charge in [0.25, 0.3) is 0 Å². The van der Waals surface area contributed by atoms with E-state index < -0.39 is 36.5 Å². The van der Waals surface area contributed by atoms with Gasteiger partial charge in [-0.1, -0.05) is 30.3 Å². The van der Waals surface area contributed by atoms with Crippen molar-refractivity contribution in [2.45, 2.75) is 31.3 Å². The van der Waals surface area contributed by atoms with E-state index in [4.69, 9.17) is 14.2 Å². The lowest BCUT2D eigenvalue weighted by Crippen LogP contribution is -2.46. The SMILES string of the molecule is CC(=O)c1cccc(NC(=O)N[C@@H]2CO[C@@H]3[C@@H]2OC[C@H]3OC(=O)Nc2ccccc2)c1. The van der Waals surface area contributed by atoms with Crippen molar-refractivity contribution in [1.29, 1.82) is 0 Å². The summed E-state index contributed by atoms with van der Waals surface area (Å²) in [5.74, 6) is -0.0854. The lowest BCUT2D eigenvalue weighted by atomic mass is 10.1. The van der Waals surface area contributed by atoms with Gasteiger partial charge >= 0.3 is 12.1 Å². The monoisotopic (exact) mass is 425 g/mol. The van der Waals surface area contributed by atoms with Crippen LogP contribution < -0.4 is 16.0 Å². The van der Waals surface area contributed by atoms with Gasteiger partial charge in [-0.3, -0.25) is 10.1 Å². The highest BCUT2D eigenvalue weighted by Crippen LogP contribution is 2.29. The van der Waals surface area contributed by atoms with Crippen LogP contribution >= 0.6 is 0 Å². The molecule has 31 heavy (non-hydrogen) atoms. The van der Waals surface area contributed by atoms with E-state index in [1.807, 2.05) is 18.2 Å². The Kier molecular flexibility index (Phi) is 6.15. The minimum absolute atomic E-state index is 0.0854. The van der Waals surface area contributed by atoms with Crippen molar-refractivity contribution in [3.63, 3.8) is 0 Å². The molecule has 0 aliphatic carbocycles. The van der Waals surface area contributed by atoms with Crippen LogP contribution in [0.5, 0.6) is 0 Å². The molecule has 2 saturated heterocycles. The predicted molar refractivity (Wildman–Crippen MR) is 112 cm³/mol. The number of Topliss-reactive ketones (excluding diaryl/α,β-unsaturated/α-hetero) is 1. The van der Waals surface area contributed by atoms with Crippen molar-refractivity contribution in [3.8, 4) is 0 Å². The molecule has 0 bridgehead atoms. The highest BCUT2D eigenvalue weighted by molar-refractivity contribution is 5.96. The van der Waals surface area contributed by atoms with E-state index in [1.165, 1.54) is 6.92 Å². The summed E-state index contributed by atoms with van der Waals surface area (Å²) in [5.41, 5.74) is 1.64. The fourth-order valence-electron chi connectivity index (χ4n) is 3.65. The normalized spacial score (nSPS) is 24.2. The number of benzene rings is 2. The average molecular weight is 425 g/mol. The summed E-state index contributed by atoms with van der Waals surface area (Å²) in [6.45, 7) is 1.87. The van der Waals surface area contributed by atoms with Crippen LogP contribution in [0, 0.1) is 0 Å². The van der Waals surface area contributed by atoms with E-state index in [9.17, 15) is 14.4 Å². The number of ether oxygens (including phenoxy) is 3. The van der Waals surface area contributed by atoms with E-state index in [-0.39, 0.29) is 19.0 Å². The molecule has 4 rings (SSSR count). The van der Waals surface area contributed by atoms with E-state index in [2.05, 4.69) is 16.0 Å². The molecule has 0 unspecified atom stereocenters. The predicted octanol–water partition coefficient (Wildman–Crippen LogP) is 2.79. The molecule has 0 radical (unpaired) electrons. The molecule has 2 fully saturated rings. The van der Waals surface area contributed by atoms with Crippen LogP contribution in [-0.2, 0) is 14.2 Å². The second kappa shape index (κ2) is 9.15. The molecule has 2 aliphatic heterocycles. The number of para-hydroxylation sites is 1. The standard InChI is InChI=1S/C22H23N3O6/c1-13(26)14-6-5-9-16(10-14)23-21(27)25-17-11-29-20-18(12-30-19(17)20)31-22(28)24-15-7-3-2-4-8-15/h2-10,17-20H,11-12H2,1H3,(H,24,28)(H2,23,25,27)/t17-,18-,19-,20+/m1/s1. The van der Waals surface area contributed by atoms with Gasteiger partial charge in [0.2, 0.25) is 0 Å². The number of ketones is 1. The maximum absolute atomic E-state index is 12.4. The Morgan fingerprint density at radius 1 is 0.903 bits per heavy atom. The highest BCUT2D eigenvalue weighted by atomic mass is 16.6. The first-order chi connectivity index (χ1) is 15.0. The van der Waals surface area contributed by atoms with E-state index in [0.29, 0.717) is 16.9 Å².